The highest BCUT2D eigenvalue weighted by Crippen LogP contribution is 2.24. The molecule has 0 unspecified atom stereocenters. The number of hydrogen-bond acceptors (Lipinski definition) is 2. The van der Waals surface area contributed by atoms with E-state index in [1.165, 1.54) is 15.8 Å². The van der Waals surface area contributed by atoms with E-state index in [0.29, 0.717) is 16.8 Å². The Bertz CT molecular complexity index is 510. The Hall–Kier alpha value is -0.870. The summed E-state index contributed by atoms with van der Waals surface area (Å²) in [5, 5.41) is 0. The minimum absolute atomic E-state index is 0.276. The quantitative estimate of drug-likeness (QED) is 0.788. The normalized spacial score (nSPS) is 10.5. The maximum absolute atomic E-state index is 13.0. The molecule has 0 amide bonds. The van der Waals surface area contributed by atoms with E-state index in [4.69, 9.17) is 4.74 Å². The first-order chi connectivity index (χ1) is 8.19. The highest BCUT2D eigenvalue weighted by atomic mass is 79.9. The number of thiophene rings is 1. The van der Waals surface area contributed by atoms with Crippen molar-refractivity contribution in [1.29, 1.82) is 0 Å². The first kappa shape index (κ1) is 12.6. The van der Waals surface area contributed by atoms with Crippen molar-refractivity contribution >= 4 is 27.3 Å². The van der Waals surface area contributed by atoms with Crippen molar-refractivity contribution in [2.75, 3.05) is 0 Å². The SMILES string of the molecule is CCc1ccc(COc2ccc(F)c(Br)c2)s1. The standard InChI is InChI=1S/C13H12BrFOS/c1-2-10-4-5-11(17-10)8-16-9-3-6-13(15)12(14)7-9/h3-7H,2,8H2,1H3. The van der Waals surface area contributed by atoms with Crippen molar-refractivity contribution in [2.45, 2.75) is 20.0 Å². The Labute approximate surface area is 112 Å². The molecule has 0 N–H and O–H groups in total. The Balaban J connectivity index is 1.99. The summed E-state index contributed by atoms with van der Waals surface area (Å²) in [6.07, 6.45) is 1.05. The lowest BCUT2D eigenvalue weighted by Gasteiger charge is -2.05. The smallest absolute Gasteiger partial charge is 0.137 e. The molecule has 0 aliphatic heterocycles. The highest BCUT2D eigenvalue weighted by molar-refractivity contribution is 9.10. The summed E-state index contributed by atoms with van der Waals surface area (Å²) in [6, 6.07) is 8.86. The molecule has 0 atom stereocenters. The van der Waals surface area contributed by atoms with Gasteiger partial charge in [0.25, 0.3) is 0 Å². The fourth-order valence-corrected chi connectivity index (χ4v) is 2.64. The second-order valence-corrected chi connectivity index (χ2v) is 5.69. The van der Waals surface area contributed by atoms with Crippen LogP contribution in [0.3, 0.4) is 0 Å². The van der Waals surface area contributed by atoms with Gasteiger partial charge in [0, 0.05) is 9.75 Å². The first-order valence-corrected chi connectivity index (χ1v) is 6.95. The predicted octanol–water partition coefficient (Wildman–Crippen LogP) is 4.79. The summed E-state index contributed by atoms with van der Waals surface area (Å²) in [7, 11) is 0. The van der Waals surface area contributed by atoms with E-state index in [1.807, 2.05) is 0 Å². The van der Waals surface area contributed by atoms with Gasteiger partial charge in [0.05, 0.1) is 4.47 Å². The van der Waals surface area contributed by atoms with Gasteiger partial charge in [-0.3, -0.25) is 0 Å². The van der Waals surface area contributed by atoms with Gasteiger partial charge in [-0.15, -0.1) is 11.3 Å². The largest absolute Gasteiger partial charge is 0.488 e. The molecule has 1 heterocycles. The third-order valence-corrected chi connectivity index (χ3v) is 4.15. The third kappa shape index (κ3) is 3.30. The predicted molar refractivity (Wildman–Crippen MR) is 72.1 cm³/mol. The van der Waals surface area contributed by atoms with Crippen LogP contribution in [0.5, 0.6) is 5.75 Å². The summed E-state index contributed by atoms with van der Waals surface area (Å²) >= 11 is 4.88. The average Bonchev–Trinajstić information content (AvgIpc) is 2.79. The fraction of sp³-hybridized carbons (Fsp3) is 0.231. The molecule has 0 aliphatic rings. The minimum atomic E-state index is -0.276. The lowest BCUT2D eigenvalue weighted by Crippen LogP contribution is -1.93. The summed E-state index contributed by atoms with van der Waals surface area (Å²) in [5.74, 6) is 0.395. The van der Waals surface area contributed by atoms with Crippen LogP contribution in [0.1, 0.15) is 16.7 Å². The van der Waals surface area contributed by atoms with Crippen LogP contribution < -0.4 is 4.74 Å². The van der Waals surface area contributed by atoms with Crippen LogP contribution in [0.2, 0.25) is 0 Å². The molecule has 90 valence electrons. The van der Waals surface area contributed by atoms with Crippen LogP contribution in [0.25, 0.3) is 0 Å². The molecule has 0 fully saturated rings. The molecule has 0 spiro atoms. The van der Waals surface area contributed by atoms with Crippen molar-refractivity contribution in [3.8, 4) is 5.75 Å². The Kier molecular flexibility index (Phi) is 4.18. The molecule has 1 aromatic heterocycles. The number of halogens is 2. The van der Waals surface area contributed by atoms with Crippen LogP contribution in [-0.2, 0) is 13.0 Å². The molecule has 4 heteroatoms. The molecular weight excluding hydrogens is 303 g/mol. The Morgan fingerprint density at radius 3 is 2.65 bits per heavy atom. The van der Waals surface area contributed by atoms with Crippen molar-refractivity contribution in [1.82, 2.24) is 0 Å². The van der Waals surface area contributed by atoms with Crippen LogP contribution in [0.15, 0.2) is 34.8 Å². The molecular formula is C13H12BrFOS. The van der Waals surface area contributed by atoms with Gasteiger partial charge in [-0.2, -0.15) is 0 Å². The number of rotatable bonds is 4. The molecule has 1 aromatic carbocycles. The number of hydrogen-bond donors (Lipinski definition) is 0. The van der Waals surface area contributed by atoms with E-state index >= 15 is 0 Å². The monoisotopic (exact) mass is 314 g/mol. The van der Waals surface area contributed by atoms with Gasteiger partial charge < -0.3 is 4.74 Å². The highest BCUT2D eigenvalue weighted by Gasteiger charge is 2.03. The van der Waals surface area contributed by atoms with Gasteiger partial charge in [0.2, 0.25) is 0 Å². The van der Waals surface area contributed by atoms with Crippen LogP contribution in [0, 0.1) is 5.82 Å². The second kappa shape index (κ2) is 5.65. The zero-order chi connectivity index (χ0) is 12.3. The zero-order valence-electron chi connectivity index (χ0n) is 9.37. The van der Waals surface area contributed by atoms with E-state index in [2.05, 4.69) is 35.0 Å². The topological polar surface area (TPSA) is 9.23 Å². The second-order valence-electron chi connectivity index (χ2n) is 3.59. The molecule has 0 radical (unpaired) electrons. The average molecular weight is 315 g/mol. The molecule has 0 aliphatic carbocycles. The van der Waals surface area contributed by atoms with Gasteiger partial charge >= 0.3 is 0 Å². The molecule has 0 bridgehead atoms. The molecule has 0 saturated carbocycles. The van der Waals surface area contributed by atoms with E-state index in [9.17, 15) is 4.39 Å². The van der Waals surface area contributed by atoms with Crippen LogP contribution >= 0.6 is 27.3 Å². The van der Waals surface area contributed by atoms with Crippen molar-refractivity contribution < 1.29 is 9.13 Å². The molecule has 0 saturated heterocycles. The molecule has 1 nitrogen and oxygen atoms in total. The number of ether oxygens (including phenoxy) is 1. The van der Waals surface area contributed by atoms with Crippen molar-refractivity contribution in [3.05, 3.63) is 50.4 Å². The molecule has 17 heavy (non-hydrogen) atoms. The fourth-order valence-electron chi connectivity index (χ4n) is 1.41. The van der Waals surface area contributed by atoms with Gasteiger partial charge in [-0.1, -0.05) is 6.92 Å². The van der Waals surface area contributed by atoms with Crippen molar-refractivity contribution in [2.24, 2.45) is 0 Å². The Morgan fingerprint density at radius 2 is 2.00 bits per heavy atom. The van der Waals surface area contributed by atoms with E-state index in [1.54, 1.807) is 23.5 Å². The third-order valence-electron chi connectivity index (χ3n) is 2.34. The van der Waals surface area contributed by atoms with Gasteiger partial charge in [-0.25, -0.2) is 4.39 Å². The first-order valence-electron chi connectivity index (χ1n) is 5.34. The summed E-state index contributed by atoms with van der Waals surface area (Å²) in [5.41, 5.74) is 0. The lowest BCUT2D eigenvalue weighted by atomic mass is 10.3. The Morgan fingerprint density at radius 1 is 1.24 bits per heavy atom. The maximum Gasteiger partial charge on any atom is 0.137 e. The van der Waals surface area contributed by atoms with Crippen LogP contribution in [-0.4, -0.2) is 0 Å². The van der Waals surface area contributed by atoms with Gasteiger partial charge in [0.1, 0.15) is 18.2 Å². The van der Waals surface area contributed by atoms with Crippen molar-refractivity contribution in [3.63, 3.8) is 0 Å². The maximum atomic E-state index is 13.0. The number of aryl methyl sites for hydroxylation is 1. The molecule has 2 aromatic rings. The lowest BCUT2D eigenvalue weighted by molar-refractivity contribution is 0.309. The van der Waals surface area contributed by atoms with Gasteiger partial charge in [0.15, 0.2) is 0 Å². The van der Waals surface area contributed by atoms with E-state index < -0.39 is 0 Å². The van der Waals surface area contributed by atoms with E-state index in [0.717, 1.165) is 6.42 Å². The summed E-state index contributed by atoms with van der Waals surface area (Å²) in [4.78, 5) is 2.53. The number of benzene rings is 1. The summed E-state index contributed by atoms with van der Waals surface area (Å²) in [6.45, 7) is 2.66. The minimum Gasteiger partial charge on any atom is -0.488 e. The van der Waals surface area contributed by atoms with Gasteiger partial charge in [-0.05, 0) is 52.7 Å². The van der Waals surface area contributed by atoms with Crippen LogP contribution in [0.4, 0.5) is 4.39 Å². The van der Waals surface area contributed by atoms with E-state index in [-0.39, 0.29) is 5.82 Å². The zero-order valence-corrected chi connectivity index (χ0v) is 11.8. The summed E-state index contributed by atoms with van der Waals surface area (Å²) < 4.78 is 19.0. The molecule has 2 rings (SSSR count).